The summed E-state index contributed by atoms with van der Waals surface area (Å²) >= 11 is 0. The van der Waals surface area contributed by atoms with Crippen LogP contribution < -0.4 is 10.6 Å². The monoisotopic (exact) mass is 415 g/mol. The second kappa shape index (κ2) is 9.34. The molecule has 1 aliphatic heterocycles. The molecule has 30 heavy (non-hydrogen) atoms. The summed E-state index contributed by atoms with van der Waals surface area (Å²) in [6, 6.07) is 9.31. The molecule has 1 aliphatic rings. The number of carbonyl (C=O) groups excluding carboxylic acids is 2. The summed E-state index contributed by atoms with van der Waals surface area (Å²) in [5.41, 5.74) is 9.19. The number of hydrogen-bond donors (Lipinski definition) is 1. The molecule has 0 bridgehead atoms. The van der Waals surface area contributed by atoms with Crippen LogP contribution in [0.1, 0.15) is 37.0 Å². The van der Waals surface area contributed by atoms with Crippen molar-refractivity contribution in [3.8, 4) is 0 Å². The third-order valence-electron chi connectivity index (χ3n) is 5.48. The quantitative estimate of drug-likeness (QED) is 0.788. The van der Waals surface area contributed by atoms with E-state index in [9.17, 15) is 18.4 Å². The zero-order valence-corrected chi connectivity index (χ0v) is 17.3. The first-order chi connectivity index (χ1) is 14.3. The molecule has 7 heteroatoms. The summed E-state index contributed by atoms with van der Waals surface area (Å²) in [6.07, 6.45) is 0.812. The molecule has 2 amide bonds. The number of hydrogen-bond acceptors (Lipinski definition) is 3. The first-order valence-electron chi connectivity index (χ1n) is 10.2. The molecule has 2 N–H and O–H groups in total. The van der Waals surface area contributed by atoms with Gasteiger partial charge in [-0.15, -0.1) is 0 Å². The predicted octanol–water partition coefficient (Wildman–Crippen LogP) is 3.18. The van der Waals surface area contributed by atoms with Gasteiger partial charge in [-0.25, -0.2) is 8.78 Å². The van der Waals surface area contributed by atoms with E-state index in [1.54, 1.807) is 4.90 Å². The molecule has 3 rings (SSSR count). The number of rotatable bonds is 6. The summed E-state index contributed by atoms with van der Waals surface area (Å²) in [4.78, 5) is 28.8. The standard InChI is InChI=1S/C23H27F2N3O2/c1-3-15-10-19(24)20(25)11-17(15)9-18(26)12-22(29)27-13-16-7-5-6-8-21(16)28(4-2)23(30)14-27/h5-8,10-11,18H,3-4,9,12-14,26H2,1-2H3/t18-/m1/s1. The van der Waals surface area contributed by atoms with Crippen LogP contribution in [0.15, 0.2) is 36.4 Å². The predicted molar refractivity (Wildman–Crippen MR) is 112 cm³/mol. The number of nitrogens with two attached hydrogens (primary N) is 1. The van der Waals surface area contributed by atoms with E-state index >= 15 is 0 Å². The Bertz CT molecular complexity index is 948. The van der Waals surface area contributed by atoms with Gasteiger partial charge in [0.25, 0.3) is 0 Å². The van der Waals surface area contributed by atoms with Crippen LogP contribution >= 0.6 is 0 Å². The van der Waals surface area contributed by atoms with Crippen LogP contribution in [0.25, 0.3) is 0 Å². The van der Waals surface area contributed by atoms with Crippen LogP contribution in [0.5, 0.6) is 0 Å². The number of likely N-dealkylation sites (N-methyl/N-ethyl adjacent to an activating group) is 1. The van der Waals surface area contributed by atoms with Gasteiger partial charge in [-0.05, 0) is 54.7 Å². The Morgan fingerprint density at radius 2 is 1.77 bits per heavy atom. The van der Waals surface area contributed by atoms with Gasteiger partial charge < -0.3 is 15.5 Å². The highest BCUT2D eigenvalue weighted by Crippen LogP contribution is 2.26. The van der Waals surface area contributed by atoms with Crippen molar-refractivity contribution in [1.82, 2.24) is 4.90 Å². The van der Waals surface area contributed by atoms with Crippen LogP contribution in [-0.4, -0.2) is 35.8 Å². The molecule has 0 unspecified atom stereocenters. The molecule has 0 aliphatic carbocycles. The summed E-state index contributed by atoms with van der Waals surface area (Å²) in [6.45, 7) is 4.59. The topological polar surface area (TPSA) is 66.6 Å². The van der Waals surface area contributed by atoms with E-state index in [2.05, 4.69) is 0 Å². The zero-order valence-electron chi connectivity index (χ0n) is 17.3. The van der Waals surface area contributed by atoms with Crippen LogP contribution in [0.2, 0.25) is 0 Å². The number of nitrogens with zero attached hydrogens (tertiary/aromatic N) is 2. The molecule has 2 aromatic carbocycles. The van der Waals surface area contributed by atoms with Crippen molar-refractivity contribution >= 4 is 17.5 Å². The molecule has 5 nitrogen and oxygen atoms in total. The van der Waals surface area contributed by atoms with Crippen LogP contribution in [-0.2, 0) is 29.0 Å². The fraction of sp³-hybridized carbons (Fsp3) is 0.391. The number of halogens is 2. The van der Waals surface area contributed by atoms with Gasteiger partial charge >= 0.3 is 0 Å². The van der Waals surface area contributed by atoms with Crippen molar-refractivity contribution in [2.24, 2.45) is 5.73 Å². The minimum atomic E-state index is -0.921. The minimum Gasteiger partial charge on any atom is -0.329 e. The Balaban J connectivity index is 1.73. The number of aryl methyl sites for hydroxylation is 1. The van der Waals surface area contributed by atoms with E-state index in [0.29, 0.717) is 30.6 Å². The van der Waals surface area contributed by atoms with E-state index in [-0.39, 0.29) is 31.2 Å². The molecule has 0 spiro atoms. The lowest BCUT2D eigenvalue weighted by atomic mass is 9.97. The van der Waals surface area contributed by atoms with Crippen molar-refractivity contribution in [3.05, 3.63) is 64.7 Å². The van der Waals surface area contributed by atoms with E-state index in [1.807, 2.05) is 38.1 Å². The first-order valence-corrected chi connectivity index (χ1v) is 10.2. The third kappa shape index (κ3) is 4.67. The average Bonchev–Trinajstić information content (AvgIpc) is 2.85. The average molecular weight is 415 g/mol. The highest BCUT2D eigenvalue weighted by molar-refractivity contribution is 5.98. The van der Waals surface area contributed by atoms with Gasteiger partial charge in [0, 0.05) is 31.2 Å². The SMILES string of the molecule is CCc1cc(F)c(F)cc1C[C@@H](N)CC(=O)N1CC(=O)N(CC)c2ccccc2C1. The molecule has 1 heterocycles. The molecule has 0 saturated carbocycles. The largest absolute Gasteiger partial charge is 0.329 e. The molecule has 160 valence electrons. The van der Waals surface area contributed by atoms with Crippen molar-refractivity contribution in [2.45, 2.75) is 45.7 Å². The zero-order chi connectivity index (χ0) is 21.8. The molecule has 2 aromatic rings. The van der Waals surface area contributed by atoms with Crippen molar-refractivity contribution < 1.29 is 18.4 Å². The Morgan fingerprint density at radius 1 is 1.10 bits per heavy atom. The van der Waals surface area contributed by atoms with Crippen LogP contribution in [0, 0.1) is 11.6 Å². The second-order valence-corrected chi connectivity index (χ2v) is 7.57. The highest BCUT2D eigenvalue weighted by atomic mass is 19.2. The minimum absolute atomic E-state index is 0.0144. The fourth-order valence-electron chi connectivity index (χ4n) is 3.93. The maximum absolute atomic E-state index is 13.7. The number of benzene rings is 2. The lowest BCUT2D eigenvalue weighted by Gasteiger charge is -2.23. The number of fused-ring (bicyclic) bond motifs is 1. The Morgan fingerprint density at radius 3 is 2.43 bits per heavy atom. The Hall–Kier alpha value is -2.80. The van der Waals surface area contributed by atoms with Gasteiger partial charge in [0.15, 0.2) is 11.6 Å². The number of amides is 2. The Labute approximate surface area is 175 Å². The van der Waals surface area contributed by atoms with Gasteiger partial charge in [-0.2, -0.15) is 0 Å². The molecule has 1 atom stereocenters. The van der Waals surface area contributed by atoms with E-state index in [1.165, 1.54) is 11.0 Å². The van der Waals surface area contributed by atoms with E-state index in [0.717, 1.165) is 17.3 Å². The summed E-state index contributed by atoms with van der Waals surface area (Å²) < 4.78 is 27.2. The van der Waals surface area contributed by atoms with Gasteiger partial charge in [0.2, 0.25) is 11.8 Å². The van der Waals surface area contributed by atoms with Crippen molar-refractivity contribution in [2.75, 3.05) is 18.0 Å². The Kier molecular flexibility index (Phi) is 6.82. The van der Waals surface area contributed by atoms with E-state index < -0.39 is 17.7 Å². The van der Waals surface area contributed by atoms with Crippen LogP contribution in [0.4, 0.5) is 14.5 Å². The summed E-state index contributed by atoms with van der Waals surface area (Å²) in [5, 5.41) is 0. The molecule has 0 aromatic heterocycles. The number of para-hydroxylation sites is 1. The smallest absolute Gasteiger partial charge is 0.246 e. The molecule has 0 radical (unpaired) electrons. The molecule has 0 saturated heterocycles. The van der Waals surface area contributed by atoms with Gasteiger partial charge in [0.05, 0.1) is 0 Å². The third-order valence-corrected chi connectivity index (χ3v) is 5.48. The summed E-state index contributed by atoms with van der Waals surface area (Å²) in [5.74, 6) is -2.18. The fourth-order valence-corrected chi connectivity index (χ4v) is 3.93. The second-order valence-electron chi connectivity index (χ2n) is 7.57. The van der Waals surface area contributed by atoms with Gasteiger partial charge in [-0.3, -0.25) is 9.59 Å². The lowest BCUT2D eigenvalue weighted by molar-refractivity contribution is -0.135. The van der Waals surface area contributed by atoms with Crippen LogP contribution in [0.3, 0.4) is 0 Å². The normalized spacial score (nSPS) is 15.0. The van der Waals surface area contributed by atoms with E-state index in [4.69, 9.17) is 5.73 Å². The number of carbonyl (C=O) groups is 2. The van der Waals surface area contributed by atoms with Gasteiger partial charge in [-0.1, -0.05) is 25.1 Å². The number of anilines is 1. The maximum Gasteiger partial charge on any atom is 0.246 e. The first kappa shape index (κ1) is 21.9. The maximum atomic E-state index is 13.7. The molecular formula is C23H27F2N3O2. The van der Waals surface area contributed by atoms with Gasteiger partial charge in [0.1, 0.15) is 6.54 Å². The highest BCUT2D eigenvalue weighted by Gasteiger charge is 2.28. The molecular weight excluding hydrogens is 388 g/mol. The van der Waals surface area contributed by atoms with Crippen molar-refractivity contribution in [3.63, 3.8) is 0 Å². The summed E-state index contributed by atoms with van der Waals surface area (Å²) in [7, 11) is 0. The van der Waals surface area contributed by atoms with Crippen molar-refractivity contribution in [1.29, 1.82) is 0 Å². The lowest BCUT2D eigenvalue weighted by Crippen LogP contribution is -2.42. The molecule has 0 fully saturated rings.